The van der Waals surface area contributed by atoms with E-state index in [1.807, 2.05) is 13.8 Å². The van der Waals surface area contributed by atoms with Gasteiger partial charge in [0.15, 0.2) is 5.76 Å². The van der Waals surface area contributed by atoms with Crippen molar-refractivity contribution in [3.05, 3.63) is 54.0 Å². The average molecular weight is 442 g/mol. The second-order valence-electron chi connectivity index (χ2n) is 8.10. The van der Waals surface area contributed by atoms with Crippen LogP contribution in [0.1, 0.15) is 54.0 Å². The minimum atomic E-state index is -0.681. The largest absolute Gasteiger partial charge is 0.497 e. The van der Waals surface area contributed by atoms with Crippen LogP contribution < -0.4 is 15.4 Å². The number of rotatable bonds is 8. The van der Waals surface area contributed by atoms with Crippen molar-refractivity contribution in [2.24, 2.45) is 5.92 Å². The van der Waals surface area contributed by atoms with E-state index in [0.717, 1.165) is 6.42 Å². The second-order valence-corrected chi connectivity index (χ2v) is 8.10. The number of ether oxygens (including phenoxy) is 1. The van der Waals surface area contributed by atoms with Gasteiger partial charge in [-0.15, -0.1) is 0 Å². The second kappa shape index (κ2) is 10.8. The molecule has 2 aromatic rings. The van der Waals surface area contributed by atoms with Crippen molar-refractivity contribution < 1.29 is 23.5 Å². The van der Waals surface area contributed by atoms with E-state index in [4.69, 9.17) is 9.15 Å². The highest BCUT2D eigenvalue weighted by atomic mass is 16.5. The molecule has 2 N–H and O–H groups in total. The topological polar surface area (TPSA) is 101 Å². The smallest absolute Gasteiger partial charge is 0.289 e. The molecule has 0 aliphatic carbocycles. The predicted octanol–water partition coefficient (Wildman–Crippen LogP) is 2.85. The monoisotopic (exact) mass is 441 g/mol. The molecule has 1 fully saturated rings. The zero-order chi connectivity index (χ0) is 23.1. The molecule has 1 aromatic heterocycles. The molecule has 8 heteroatoms. The number of carbonyl (C=O) groups excluding carboxylic acids is 3. The summed E-state index contributed by atoms with van der Waals surface area (Å²) in [6.07, 6.45) is 3.48. The van der Waals surface area contributed by atoms with Gasteiger partial charge in [-0.3, -0.25) is 14.4 Å². The first-order valence-corrected chi connectivity index (χ1v) is 11.0. The summed E-state index contributed by atoms with van der Waals surface area (Å²) in [5, 5.41) is 5.92. The number of hydrogen-bond donors (Lipinski definition) is 2. The molecule has 2 atom stereocenters. The van der Waals surface area contributed by atoms with Gasteiger partial charge in [0.25, 0.3) is 11.8 Å². The van der Waals surface area contributed by atoms with E-state index in [2.05, 4.69) is 10.6 Å². The molecule has 172 valence electrons. The Morgan fingerprint density at radius 1 is 1.12 bits per heavy atom. The van der Waals surface area contributed by atoms with E-state index in [0.29, 0.717) is 43.0 Å². The third kappa shape index (κ3) is 5.69. The first kappa shape index (κ1) is 23.4. The van der Waals surface area contributed by atoms with Crippen molar-refractivity contribution in [3.8, 4) is 5.75 Å². The van der Waals surface area contributed by atoms with Gasteiger partial charge < -0.3 is 24.7 Å². The third-order valence-electron chi connectivity index (χ3n) is 5.95. The van der Waals surface area contributed by atoms with E-state index in [1.165, 1.54) is 6.26 Å². The molecule has 1 saturated heterocycles. The highest BCUT2D eigenvalue weighted by Gasteiger charge is 2.35. The molecule has 0 saturated carbocycles. The maximum atomic E-state index is 13.0. The van der Waals surface area contributed by atoms with E-state index in [9.17, 15) is 14.4 Å². The van der Waals surface area contributed by atoms with Gasteiger partial charge in [0.1, 0.15) is 11.8 Å². The minimum Gasteiger partial charge on any atom is -0.497 e. The lowest BCUT2D eigenvalue weighted by molar-refractivity contribution is -0.125. The highest BCUT2D eigenvalue weighted by Crippen LogP contribution is 2.23. The molecule has 3 rings (SSSR count). The third-order valence-corrected chi connectivity index (χ3v) is 5.95. The van der Waals surface area contributed by atoms with Gasteiger partial charge in [-0.1, -0.05) is 6.92 Å². The van der Waals surface area contributed by atoms with Crippen molar-refractivity contribution in [2.75, 3.05) is 20.2 Å². The van der Waals surface area contributed by atoms with Crippen molar-refractivity contribution in [1.29, 1.82) is 0 Å². The molecule has 2 heterocycles. The van der Waals surface area contributed by atoms with Crippen LogP contribution in [0.5, 0.6) is 5.75 Å². The van der Waals surface area contributed by atoms with Gasteiger partial charge in [-0.2, -0.15) is 0 Å². The van der Waals surface area contributed by atoms with E-state index in [1.54, 1.807) is 48.4 Å². The van der Waals surface area contributed by atoms with Crippen LogP contribution in [0.25, 0.3) is 0 Å². The Kier molecular flexibility index (Phi) is 7.92. The normalized spacial score (nSPS) is 16.2. The first-order chi connectivity index (χ1) is 15.4. The van der Waals surface area contributed by atoms with Crippen molar-refractivity contribution >= 4 is 17.7 Å². The number of piperidine rings is 1. The van der Waals surface area contributed by atoms with Crippen LogP contribution in [-0.4, -0.2) is 54.9 Å². The molecule has 1 aromatic carbocycles. The van der Waals surface area contributed by atoms with Crippen LogP contribution in [-0.2, 0) is 4.79 Å². The summed E-state index contributed by atoms with van der Waals surface area (Å²) in [6, 6.07) is 9.41. The molecule has 0 spiro atoms. The quantitative estimate of drug-likeness (QED) is 0.656. The summed E-state index contributed by atoms with van der Waals surface area (Å²) >= 11 is 0. The summed E-state index contributed by atoms with van der Waals surface area (Å²) in [5.74, 6) is 0.213. The number of likely N-dealkylation sites (tertiary alicyclic amines) is 1. The SMILES string of the molecule is CCC(C)NC(=O)C(NC(=O)c1ccc(OC)cc1)C1CCN(C(=O)c2ccco2)CC1. The van der Waals surface area contributed by atoms with Crippen LogP contribution >= 0.6 is 0 Å². The van der Waals surface area contributed by atoms with Crippen LogP contribution in [0.2, 0.25) is 0 Å². The summed E-state index contributed by atoms with van der Waals surface area (Å²) < 4.78 is 10.4. The van der Waals surface area contributed by atoms with Crippen LogP contribution in [0.3, 0.4) is 0 Å². The van der Waals surface area contributed by atoms with Gasteiger partial charge >= 0.3 is 0 Å². The highest BCUT2D eigenvalue weighted by molar-refractivity contribution is 5.97. The van der Waals surface area contributed by atoms with Crippen molar-refractivity contribution in [2.45, 2.75) is 45.2 Å². The molecule has 2 unspecified atom stereocenters. The van der Waals surface area contributed by atoms with Gasteiger partial charge in [0.2, 0.25) is 5.91 Å². The average Bonchev–Trinajstić information content (AvgIpc) is 3.37. The summed E-state index contributed by atoms with van der Waals surface area (Å²) in [5.41, 5.74) is 0.456. The molecule has 8 nitrogen and oxygen atoms in total. The van der Waals surface area contributed by atoms with E-state index >= 15 is 0 Å². The predicted molar refractivity (Wildman–Crippen MR) is 119 cm³/mol. The fraction of sp³-hybridized carbons (Fsp3) is 0.458. The zero-order valence-electron chi connectivity index (χ0n) is 18.8. The maximum Gasteiger partial charge on any atom is 0.289 e. The lowest BCUT2D eigenvalue weighted by atomic mass is 9.88. The van der Waals surface area contributed by atoms with E-state index < -0.39 is 6.04 Å². The Balaban J connectivity index is 1.69. The zero-order valence-corrected chi connectivity index (χ0v) is 18.8. The lowest BCUT2D eigenvalue weighted by Crippen LogP contribution is -2.55. The fourth-order valence-corrected chi connectivity index (χ4v) is 3.79. The number of furan rings is 1. The number of hydrogen-bond acceptors (Lipinski definition) is 5. The lowest BCUT2D eigenvalue weighted by Gasteiger charge is -2.35. The van der Waals surface area contributed by atoms with Gasteiger partial charge in [-0.05, 0) is 68.5 Å². The Labute approximate surface area is 188 Å². The molecule has 0 bridgehead atoms. The van der Waals surface area contributed by atoms with E-state index in [-0.39, 0.29) is 29.7 Å². The molecule has 0 radical (unpaired) electrons. The van der Waals surface area contributed by atoms with Gasteiger partial charge in [0, 0.05) is 24.7 Å². The van der Waals surface area contributed by atoms with Gasteiger partial charge in [-0.25, -0.2) is 0 Å². The molecular weight excluding hydrogens is 410 g/mol. The van der Waals surface area contributed by atoms with Gasteiger partial charge in [0.05, 0.1) is 13.4 Å². The molecule has 32 heavy (non-hydrogen) atoms. The Morgan fingerprint density at radius 2 is 1.81 bits per heavy atom. The van der Waals surface area contributed by atoms with Crippen LogP contribution in [0.4, 0.5) is 0 Å². The number of amides is 3. The number of nitrogens with one attached hydrogen (secondary N) is 2. The molecular formula is C24H31N3O5. The van der Waals surface area contributed by atoms with Crippen molar-refractivity contribution in [3.63, 3.8) is 0 Å². The number of methoxy groups -OCH3 is 1. The Morgan fingerprint density at radius 3 is 2.38 bits per heavy atom. The Hall–Kier alpha value is -3.29. The summed E-state index contributed by atoms with van der Waals surface area (Å²) in [7, 11) is 1.56. The fourth-order valence-electron chi connectivity index (χ4n) is 3.79. The number of nitrogens with zero attached hydrogens (tertiary/aromatic N) is 1. The van der Waals surface area contributed by atoms with Crippen LogP contribution in [0, 0.1) is 5.92 Å². The number of benzene rings is 1. The molecule has 1 aliphatic rings. The summed E-state index contributed by atoms with van der Waals surface area (Å²) in [6.45, 7) is 4.92. The minimum absolute atomic E-state index is 0.00325. The molecule has 1 aliphatic heterocycles. The van der Waals surface area contributed by atoms with Crippen LogP contribution in [0.15, 0.2) is 47.1 Å². The molecule has 3 amide bonds. The Bertz CT molecular complexity index is 902. The maximum absolute atomic E-state index is 13.0. The first-order valence-electron chi connectivity index (χ1n) is 11.0. The van der Waals surface area contributed by atoms with Crippen molar-refractivity contribution in [1.82, 2.24) is 15.5 Å². The standard InChI is InChI=1S/C24H31N3O5/c1-4-16(2)25-23(29)21(26-22(28)18-7-9-19(31-3)10-8-18)17-11-13-27(14-12-17)24(30)20-6-5-15-32-20/h5-10,15-17,21H,4,11-14H2,1-3H3,(H,25,29)(H,26,28). The number of carbonyl (C=O) groups is 3. The summed E-state index contributed by atoms with van der Waals surface area (Å²) in [4.78, 5) is 40.2.